The Balaban J connectivity index is 1.59. The van der Waals surface area contributed by atoms with Gasteiger partial charge in [-0.1, -0.05) is 6.07 Å². The SMILES string of the molecule is N#CCOc1cccc(NC(=O)C2CC3CC3C2)c1. The van der Waals surface area contributed by atoms with Crippen molar-refractivity contribution in [2.24, 2.45) is 17.8 Å². The zero-order valence-corrected chi connectivity index (χ0v) is 10.6. The maximum Gasteiger partial charge on any atom is 0.227 e. The predicted octanol–water partition coefficient (Wildman–Crippen LogP) is 2.57. The largest absolute Gasteiger partial charge is 0.479 e. The van der Waals surface area contributed by atoms with Crippen LogP contribution in [0.1, 0.15) is 19.3 Å². The van der Waals surface area contributed by atoms with Crippen molar-refractivity contribution in [3.8, 4) is 11.8 Å². The van der Waals surface area contributed by atoms with Crippen LogP contribution in [-0.4, -0.2) is 12.5 Å². The number of anilines is 1. The molecule has 2 unspecified atom stereocenters. The van der Waals surface area contributed by atoms with E-state index < -0.39 is 0 Å². The van der Waals surface area contributed by atoms with Crippen LogP contribution in [0.15, 0.2) is 24.3 Å². The number of nitrogens with one attached hydrogen (secondary N) is 1. The number of hydrogen-bond acceptors (Lipinski definition) is 3. The Hall–Kier alpha value is -2.02. The normalized spacial score (nSPS) is 27.2. The Labute approximate surface area is 112 Å². The van der Waals surface area contributed by atoms with E-state index in [1.807, 2.05) is 18.2 Å². The van der Waals surface area contributed by atoms with Gasteiger partial charge in [-0.2, -0.15) is 5.26 Å². The van der Waals surface area contributed by atoms with Crippen LogP contribution >= 0.6 is 0 Å². The quantitative estimate of drug-likeness (QED) is 0.900. The summed E-state index contributed by atoms with van der Waals surface area (Å²) < 4.78 is 5.21. The van der Waals surface area contributed by atoms with Gasteiger partial charge in [0.2, 0.25) is 5.91 Å². The Bertz CT molecular complexity index is 525. The number of hydrogen-bond donors (Lipinski definition) is 1. The second-order valence-electron chi connectivity index (χ2n) is 5.39. The summed E-state index contributed by atoms with van der Waals surface area (Å²) >= 11 is 0. The van der Waals surface area contributed by atoms with Crippen LogP contribution in [0.4, 0.5) is 5.69 Å². The number of carbonyl (C=O) groups is 1. The summed E-state index contributed by atoms with van der Waals surface area (Å²) in [5, 5.41) is 11.4. The highest BCUT2D eigenvalue weighted by molar-refractivity contribution is 5.93. The molecule has 0 bridgehead atoms. The molecule has 0 heterocycles. The summed E-state index contributed by atoms with van der Waals surface area (Å²) in [6.45, 7) is 0.0172. The lowest BCUT2D eigenvalue weighted by Crippen LogP contribution is -2.21. The molecule has 0 radical (unpaired) electrons. The number of amides is 1. The Kier molecular flexibility index (Phi) is 3.12. The van der Waals surface area contributed by atoms with Gasteiger partial charge in [-0.15, -0.1) is 0 Å². The molecule has 1 aromatic rings. The molecule has 2 aliphatic rings. The van der Waals surface area contributed by atoms with E-state index in [-0.39, 0.29) is 18.4 Å². The van der Waals surface area contributed by atoms with Gasteiger partial charge < -0.3 is 10.1 Å². The fourth-order valence-electron chi connectivity index (χ4n) is 2.95. The van der Waals surface area contributed by atoms with Crippen LogP contribution in [0.25, 0.3) is 0 Å². The van der Waals surface area contributed by atoms with Crippen LogP contribution in [0.2, 0.25) is 0 Å². The summed E-state index contributed by atoms with van der Waals surface area (Å²) in [7, 11) is 0. The molecule has 4 heteroatoms. The monoisotopic (exact) mass is 256 g/mol. The summed E-state index contributed by atoms with van der Waals surface area (Å²) in [5.41, 5.74) is 0.737. The molecule has 2 aliphatic carbocycles. The highest BCUT2D eigenvalue weighted by Crippen LogP contribution is 2.54. The molecule has 19 heavy (non-hydrogen) atoms. The Morgan fingerprint density at radius 2 is 2.16 bits per heavy atom. The molecule has 4 nitrogen and oxygen atoms in total. The zero-order chi connectivity index (χ0) is 13.2. The number of nitriles is 1. The molecule has 2 saturated carbocycles. The van der Waals surface area contributed by atoms with Crippen LogP contribution in [0.5, 0.6) is 5.75 Å². The molecular formula is C15H16N2O2. The summed E-state index contributed by atoms with van der Waals surface area (Å²) in [5.74, 6) is 2.51. The third kappa shape index (κ3) is 2.70. The highest BCUT2D eigenvalue weighted by atomic mass is 16.5. The van der Waals surface area contributed by atoms with Crippen molar-refractivity contribution in [3.05, 3.63) is 24.3 Å². The minimum atomic E-state index is 0.0172. The van der Waals surface area contributed by atoms with E-state index >= 15 is 0 Å². The van der Waals surface area contributed by atoms with Crippen molar-refractivity contribution in [2.45, 2.75) is 19.3 Å². The third-order valence-electron chi connectivity index (χ3n) is 4.02. The number of carbonyl (C=O) groups excluding carboxylic acids is 1. The minimum absolute atomic E-state index is 0.0172. The lowest BCUT2D eigenvalue weighted by molar-refractivity contribution is -0.120. The number of rotatable bonds is 4. The van der Waals surface area contributed by atoms with Crippen LogP contribution in [0, 0.1) is 29.1 Å². The lowest BCUT2D eigenvalue weighted by Gasteiger charge is -2.13. The maximum absolute atomic E-state index is 12.1. The van der Waals surface area contributed by atoms with Gasteiger partial charge >= 0.3 is 0 Å². The lowest BCUT2D eigenvalue weighted by atomic mass is 10.0. The molecule has 3 rings (SSSR count). The van der Waals surface area contributed by atoms with E-state index in [1.54, 1.807) is 12.1 Å². The zero-order valence-electron chi connectivity index (χ0n) is 10.6. The summed E-state index contributed by atoms with van der Waals surface area (Å²) in [6.07, 6.45) is 3.41. The predicted molar refractivity (Wildman–Crippen MR) is 70.5 cm³/mol. The molecule has 0 aliphatic heterocycles. The van der Waals surface area contributed by atoms with Gasteiger partial charge in [0.25, 0.3) is 0 Å². The molecule has 0 saturated heterocycles. The average Bonchev–Trinajstić information content (AvgIpc) is 3.03. The first-order valence-electron chi connectivity index (χ1n) is 6.67. The molecule has 98 valence electrons. The van der Waals surface area contributed by atoms with Gasteiger partial charge in [0.15, 0.2) is 6.61 Å². The standard InChI is InChI=1S/C15H16N2O2/c16-4-5-19-14-3-1-2-13(9-14)17-15(18)12-7-10-6-11(10)8-12/h1-3,9-12H,5-8H2,(H,17,18). The average molecular weight is 256 g/mol. The molecule has 0 aromatic heterocycles. The molecule has 2 atom stereocenters. The number of benzene rings is 1. The first-order valence-corrected chi connectivity index (χ1v) is 6.67. The van der Waals surface area contributed by atoms with Crippen molar-refractivity contribution >= 4 is 11.6 Å². The van der Waals surface area contributed by atoms with Crippen LogP contribution < -0.4 is 10.1 Å². The van der Waals surface area contributed by atoms with Crippen molar-refractivity contribution in [2.75, 3.05) is 11.9 Å². The van der Waals surface area contributed by atoms with Gasteiger partial charge in [0, 0.05) is 17.7 Å². The summed E-state index contributed by atoms with van der Waals surface area (Å²) in [6, 6.07) is 9.11. The number of ether oxygens (including phenoxy) is 1. The van der Waals surface area contributed by atoms with Crippen molar-refractivity contribution in [1.82, 2.24) is 0 Å². The van der Waals surface area contributed by atoms with E-state index in [4.69, 9.17) is 10.00 Å². The van der Waals surface area contributed by atoms with Gasteiger partial charge in [-0.3, -0.25) is 4.79 Å². The first-order chi connectivity index (χ1) is 9.26. The molecule has 1 amide bonds. The fourth-order valence-corrected chi connectivity index (χ4v) is 2.95. The van der Waals surface area contributed by atoms with Gasteiger partial charge in [0.05, 0.1) is 0 Å². The molecule has 2 fully saturated rings. The van der Waals surface area contributed by atoms with Gasteiger partial charge in [-0.25, -0.2) is 0 Å². The van der Waals surface area contributed by atoms with E-state index in [1.165, 1.54) is 6.42 Å². The smallest absolute Gasteiger partial charge is 0.227 e. The summed E-state index contributed by atoms with van der Waals surface area (Å²) in [4.78, 5) is 12.1. The number of fused-ring (bicyclic) bond motifs is 1. The molecule has 1 aromatic carbocycles. The first kappa shape index (κ1) is 12.0. The topological polar surface area (TPSA) is 62.1 Å². The van der Waals surface area contributed by atoms with E-state index in [0.717, 1.165) is 30.4 Å². The minimum Gasteiger partial charge on any atom is -0.479 e. The van der Waals surface area contributed by atoms with Gasteiger partial charge in [-0.05, 0) is 43.2 Å². The Morgan fingerprint density at radius 1 is 1.37 bits per heavy atom. The third-order valence-corrected chi connectivity index (χ3v) is 4.02. The van der Waals surface area contributed by atoms with Gasteiger partial charge in [0.1, 0.15) is 11.8 Å². The van der Waals surface area contributed by atoms with Crippen molar-refractivity contribution < 1.29 is 9.53 Å². The van der Waals surface area contributed by atoms with E-state index in [9.17, 15) is 4.79 Å². The number of nitrogens with zero attached hydrogens (tertiary/aromatic N) is 1. The van der Waals surface area contributed by atoms with E-state index in [0.29, 0.717) is 5.75 Å². The second kappa shape index (κ2) is 4.93. The Morgan fingerprint density at radius 3 is 2.89 bits per heavy atom. The second-order valence-corrected chi connectivity index (χ2v) is 5.39. The highest BCUT2D eigenvalue weighted by Gasteiger charge is 2.47. The van der Waals surface area contributed by atoms with Crippen LogP contribution in [0.3, 0.4) is 0 Å². The molecular weight excluding hydrogens is 240 g/mol. The fraction of sp³-hybridized carbons (Fsp3) is 0.467. The van der Waals surface area contributed by atoms with E-state index in [2.05, 4.69) is 5.32 Å². The van der Waals surface area contributed by atoms with Crippen LogP contribution in [-0.2, 0) is 4.79 Å². The molecule has 1 N–H and O–H groups in total. The van der Waals surface area contributed by atoms with Crippen molar-refractivity contribution in [1.29, 1.82) is 5.26 Å². The maximum atomic E-state index is 12.1. The molecule has 0 spiro atoms. The van der Waals surface area contributed by atoms with Crippen molar-refractivity contribution in [3.63, 3.8) is 0 Å².